The smallest absolute Gasteiger partial charge is 0.265 e. The summed E-state index contributed by atoms with van der Waals surface area (Å²) >= 11 is 0. The summed E-state index contributed by atoms with van der Waals surface area (Å²) in [5.74, 6) is 0.394. The summed E-state index contributed by atoms with van der Waals surface area (Å²) in [7, 11) is 0. The van der Waals surface area contributed by atoms with Gasteiger partial charge in [0.1, 0.15) is 11.6 Å². The molecule has 0 bridgehead atoms. The number of benzene rings is 1. The van der Waals surface area contributed by atoms with E-state index in [1.54, 1.807) is 35.6 Å². The van der Waals surface area contributed by atoms with Crippen LogP contribution >= 0.6 is 0 Å². The van der Waals surface area contributed by atoms with Crippen LogP contribution < -0.4 is 20.7 Å². The van der Waals surface area contributed by atoms with Crippen LogP contribution in [0.25, 0.3) is 11.1 Å². The lowest BCUT2D eigenvalue weighted by atomic mass is 9.90. The van der Waals surface area contributed by atoms with E-state index in [-0.39, 0.29) is 30.5 Å². The third-order valence-electron chi connectivity index (χ3n) is 6.50. The van der Waals surface area contributed by atoms with Crippen LogP contribution in [-0.4, -0.2) is 46.1 Å². The summed E-state index contributed by atoms with van der Waals surface area (Å²) in [6.45, 7) is 10.8. The number of nitrogens with zero attached hydrogens (tertiary/aromatic N) is 4. The molecule has 10 nitrogen and oxygen atoms in total. The zero-order valence-corrected chi connectivity index (χ0v) is 23.2. The van der Waals surface area contributed by atoms with Crippen LogP contribution in [0.2, 0.25) is 0 Å². The second kappa shape index (κ2) is 12.5. The molecule has 1 aliphatic heterocycles. The van der Waals surface area contributed by atoms with Gasteiger partial charge in [-0.2, -0.15) is 0 Å². The Morgan fingerprint density at radius 3 is 2.77 bits per heavy atom. The zero-order chi connectivity index (χ0) is 28.8. The molecule has 0 aliphatic carbocycles. The van der Waals surface area contributed by atoms with Gasteiger partial charge < -0.3 is 21.2 Å². The number of nitrogens with one attached hydrogen (secondary N) is 2. The molecule has 4 N–H and O–H groups in total. The number of hydrogen-bond acceptors (Lipinski definition) is 8. The first kappa shape index (κ1) is 28.4. The van der Waals surface area contributed by atoms with Gasteiger partial charge in [0.15, 0.2) is 6.61 Å². The van der Waals surface area contributed by atoms with E-state index >= 15 is 0 Å². The van der Waals surface area contributed by atoms with Crippen LogP contribution in [-0.2, 0) is 17.8 Å². The number of amides is 2. The molecule has 2 aromatic heterocycles. The Morgan fingerprint density at radius 1 is 1.32 bits per heavy atom. The van der Waals surface area contributed by atoms with E-state index in [1.807, 2.05) is 26.8 Å². The fourth-order valence-corrected chi connectivity index (χ4v) is 4.73. The Balaban J connectivity index is 1.82. The number of anilines is 2. The summed E-state index contributed by atoms with van der Waals surface area (Å²) in [4.78, 5) is 40.4. The molecule has 0 spiro atoms. The molecule has 0 radical (unpaired) electrons. The van der Waals surface area contributed by atoms with Crippen LogP contribution in [0.4, 0.5) is 11.5 Å². The second-order valence-corrected chi connectivity index (χ2v) is 10.3. The molecule has 0 unspecified atom stereocenters. The number of rotatable bonds is 12. The minimum atomic E-state index is -0.617. The van der Waals surface area contributed by atoms with E-state index in [9.17, 15) is 9.59 Å². The maximum atomic E-state index is 12.9. The van der Waals surface area contributed by atoms with Crippen molar-refractivity contribution in [3.8, 4) is 16.9 Å². The average Bonchev–Trinajstić information content (AvgIpc) is 2.92. The maximum absolute atomic E-state index is 12.9. The molecule has 1 aliphatic rings. The number of carbonyl (C=O) groups excluding carboxylic acids is 2. The molecule has 0 saturated heterocycles. The topological polar surface area (TPSA) is 147 Å². The highest BCUT2D eigenvalue weighted by Crippen LogP contribution is 2.40. The highest BCUT2D eigenvalue weighted by atomic mass is 16.5. The van der Waals surface area contributed by atoms with Crippen LogP contribution in [0.3, 0.4) is 0 Å². The molecule has 2 amide bonds. The molecule has 40 heavy (non-hydrogen) atoms. The van der Waals surface area contributed by atoms with Gasteiger partial charge in [-0.25, -0.2) is 4.98 Å². The Hall–Kier alpha value is -4.60. The van der Waals surface area contributed by atoms with Crippen molar-refractivity contribution in [2.75, 3.05) is 23.4 Å². The lowest BCUT2D eigenvalue weighted by Gasteiger charge is -2.29. The monoisotopic (exact) mass is 541 g/mol. The van der Waals surface area contributed by atoms with Crippen molar-refractivity contribution < 1.29 is 14.3 Å². The van der Waals surface area contributed by atoms with Gasteiger partial charge in [0.25, 0.3) is 11.8 Å². The summed E-state index contributed by atoms with van der Waals surface area (Å²) in [6.07, 6.45) is 8.22. The van der Waals surface area contributed by atoms with Gasteiger partial charge in [0.05, 0.1) is 35.4 Å². The van der Waals surface area contributed by atoms with Crippen LogP contribution in [0.5, 0.6) is 5.75 Å². The number of hydrogen-bond donors (Lipinski definition) is 3. The lowest BCUT2D eigenvalue weighted by Crippen LogP contribution is -2.38. The standard InChI is InChI=1S/C30H35N7O3/c1-18(2)6-5-9-35-30-22(14-31)27(28(29(32)39)23(36-30)12-19(3)4)20-7-8-24-25(13-20)40-17-26(38)37(24)16-21-15-33-10-11-34-21/h7-8,10-11,13-15,19,31H,1,5-6,9,12,16-17H2,2-4H3,(H2,32,39)(H,35,36). The zero-order valence-electron chi connectivity index (χ0n) is 23.2. The van der Waals surface area contributed by atoms with Gasteiger partial charge in [-0.05, 0) is 49.8 Å². The number of aromatic nitrogens is 3. The Bertz CT molecular complexity index is 1440. The van der Waals surface area contributed by atoms with Crippen molar-refractivity contribution in [3.05, 3.63) is 71.5 Å². The quantitative estimate of drug-likeness (QED) is 0.173. The number of allylic oxidation sites excluding steroid dienone is 1. The summed E-state index contributed by atoms with van der Waals surface area (Å²) in [6, 6.07) is 5.37. The molecular formula is C30H35N7O3. The van der Waals surface area contributed by atoms with Crippen molar-refractivity contribution in [1.29, 1.82) is 5.41 Å². The minimum absolute atomic E-state index is 0.138. The molecule has 4 rings (SSSR count). The normalized spacial score (nSPS) is 12.6. The number of primary amides is 1. The number of pyridine rings is 1. The van der Waals surface area contributed by atoms with Gasteiger partial charge in [0, 0.05) is 36.3 Å². The predicted molar refractivity (Wildman–Crippen MR) is 156 cm³/mol. The highest BCUT2D eigenvalue weighted by molar-refractivity contribution is 6.08. The van der Waals surface area contributed by atoms with E-state index in [2.05, 4.69) is 21.9 Å². The third-order valence-corrected chi connectivity index (χ3v) is 6.50. The van der Waals surface area contributed by atoms with Gasteiger partial charge in [0.2, 0.25) is 0 Å². The molecule has 10 heteroatoms. The fraction of sp³-hybridized carbons (Fsp3) is 0.333. The van der Waals surface area contributed by atoms with E-state index in [0.717, 1.165) is 18.4 Å². The lowest BCUT2D eigenvalue weighted by molar-refractivity contribution is -0.121. The van der Waals surface area contributed by atoms with Crippen molar-refractivity contribution in [3.63, 3.8) is 0 Å². The van der Waals surface area contributed by atoms with Crippen molar-refractivity contribution in [2.24, 2.45) is 11.7 Å². The fourth-order valence-electron chi connectivity index (χ4n) is 4.73. The molecule has 0 atom stereocenters. The van der Waals surface area contributed by atoms with Crippen molar-refractivity contribution in [2.45, 2.75) is 46.6 Å². The van der Waals surface area contributed by atoms with Crippen LogP contribution in [0, 0.1) is 11.3 Å². The summed E-state index contributed by atoms with van der Waals surface area (Å²) in [5, 5.41) is 11.6. The number of nitrogens with two attached hydrogens (primary N) is 1. The molecule has 208 valence electrons. The second-order valence-electron chi connectivity index (χ2n) is 10.3. The highest BCUT2D eigenvalue weighted by Gasteiger charge is 2.29. The number of carbonyl (C=O) groups is 2. The van der Waals surface area contributed by atoms with Gasteiger partial charge in [-0.1, -0.05) is 25.5 Å². The first-order valence-electron chi connectivity index (χ1n) is 13.3. The first-order valence-corrected chi connectivity index (χ1v) is 13.3. The number of fused-ring (bicyclic) bond motifs is 1. The third kappa shape index (κ3) is 6.33. The van der Waals surface area contributed by atoms with Gasteiger partial charge in [-0.3, -0.25) is 24.5 Å². The van der Waals surface area contributed by atoms with E-state index < -0.39 is 5.91 Å². The molecule has 0 fully saturated rings. The summed E-state index contributed by atoms with van der Waals surface area (Å²) in [5.41, 5.74) is 10.7. The van der Waals surface area contributed by atoms with E-state index in [4.69, 9.17) is 20.9 Å². The maximum Gasteiger partial charge on any atom is 0.265 e. The Morgan fingerprint density at radius 2 is 2.12 bits per heavy atom. The van der Waals surface area contributed by atoms with E-state index in [1.165, 1.54) is 6.21 Å². The Kier molecular flexibility index (Phi) is 8.88. The molecule has 3 aromatic rings. The predicted octanol–water partition coefficient (Wildman–Crippen LogP) is 4.53. The molecule has 0 saturated carbocycles. The summed E-state index contributed by atoms with van der Waals surface area (Å²) < 4.78 is 5.83. The van der Waals surface area contributed by atoms with Gasteiger partial charge >= 0.3 is 0 Å². The van der Waals surface area contributed by atoms with Crippen LogP contribution in [0.1, 0.15) is 60.9 Å². The molecule has 1 aromatic carbocycles. The molecule has 3 heterocycles. The van der Waals surface area contributed by atoms with Crippen molar-refractivity contribution >= 4 is 29.5 Å². The SMILES string of the molecule is C=C(C)CCCNc1nc(CC(C)C)c(C(N)=O)c(-c2ccc3c(c2)OCC(=O)N3Cc2cnccn2)c1C=N. The first-order chi connectivity index (χ1) is 19.2. The van der Waals surface area contributed by atoms with Crippen LogP contribution in [0.15, 0.2) is 48.9 Å². The average molecular weight is 542 g/mol. The minimum Gasteiger partial charge on any atom is -0.482 e. The Labute approximate surface area is 234 Å². The van der Waals surface area contributed by atoms with E-state index in [0.29, 0.717) is 58.3 Å². The van der Waals surface area contributed by atoms with Crippen molar-refractivity contribution in [1.82, 2.24) is 15.0 Å². The largest absolute Gasteiger partial charge is 0.482 e. The molecular weight excluding hydrogens is 506 g/mol. The number of ether oxygens (including phenoxy) is 1. The van der Waals surface area contributed by atoms with Gasteiger partial charge in [-0.15, -0.1) is 6.58 Å².